The molecule has 0 heterocycles. The third kappa shape index (κ3) is 1.19. The minimum Gasteiger partial charge on any atom is -0.0619 e. The minimum absolute atomic E-state index is 1.32. The van der Waals surface area contributed by atoms with Crippen LogP contribution in [-0.4, -0.2) is 0 Å². The summed E-state index contributed by atoms with van der Waals surface area (Å²) in [5.74, 6) is 1.63. The molecule has 1 heteroatoms. The average Bonchev–Trinajstić information content (AvgIpc) is 2.71. The van der Waals surface area contributed by atoms with Crippen molar-refractivity contribution in [2.75, 3.05) is 0 Å². The van der Waals surface area contributed by atoms with Gasteiger partial charge in [-0.15, -0.1) is 0 Å². The van der Waals surface area contributed by atoms with Crippen LogP contribution in [0.25, 0.3) is 0 Å². The van der Waals surface area contributed by atoms with Gasteiger partial charge in [0, 0.05) is 9.49 Å². The first-order valence-electron chi connectivity index (χ1n) is 3.47. The predicted octanol–water partition coefficient (Wildman–Crippen LogP) is 3.01. The van der Waals surface area contributed by atoms with Gasteiger partial charge >= 0.3 is 0 Å². The van der Waals surface area contributed by atoms with Gasteiger partial charge in [-0.2, -0.15) is 0 Å². The van der Waals surface area contributed by atoms with Crippen LogP contribution in [-0.2, 0) is 0 Å². The highest BCUT2D eigenvalue weighted by Gasteiger charge is 2.25. The van der Waals surface area contributed by atoms with Gasteiger partial charge in [-0.1, -0.05) is 18.2 Å². The van der Waals surface area contributed by atoms with E-state index >= 15 is 0 Å². The molecule has 1 aromatic carbocycles. The molecule has 51 valence electrons. The van der Waals surface area contributed by atoms with Crippen LogP contribution in [0.5, 0.6) is 0 Å². The molecule has 0 spiro atoms. The van der Waals surface area contributed by atoms with Gasteiger partial charge in [-0.3, -0.25) is 0 Å². The zero-order valence-electron chi connectivity index (χ0n) is 5.60. The van der Waals surface area contributed by atoms with E-state index in [1.165, 1.54) is 22.0 Å². The molecule has 1 aliphatic carbocycles. The average molecular weight is 243 g/mol. The van der Waals surface area contributed by atoms with Crippen LogP contribution in [0.3, 0.4) is 0 Å². The van der Waals surface area contributed by atoms with Gasteiger partial charge < -0.3 is 0 Å². The molecule has 0 saturated heterocycles. The Morgan fingerprint density at radius 1 is 1.10 bits per heavy atom. The molecule has 0 aliphatic heterocycles. The topological polar surface area (TPSA) is 0 Å². The fourth-order valence-corrected chi connectivity index (χ4v) is 1.85. The fraction of sp³-hybridized carbons (Fsp3) is 0.222. The van der Waals surface area contributed by atoms with Crippen LogP contribution in [0.1, 0.15) is 18.4 Å². The summed E-state index contributed by atoms with van der Waals surface area (Å²) in [5.41, 5.74) is 1.48. The van der Waals surface area contributed by atoms with Crippen molar-refractivity contribution in [1.82, 2.24) is 0 Å². The van der Waals surface area contributed by atoms with Gasteiger partial charge in [0.05, 0.1) is 0 Å². The molecule has 10 heavy (non-hydrogen) atoms. The molecule has 0 bridgehead atoms. The van der Waals surface area contributed by atoms with Crippen molar-refractivity contribution in [3.05, 3.63) is 39.3 Å². The minimum atomic E-state index is 1.32. The molecular formula is C9H8I. The smallest absolute Gasteiger partial charge is 0.0168 e. The molecule has 1 radical (unpaired) electrons. The third-order valence-corrected chi connectivity index (χ3v) is 2.70. The van der Waals surface area contributed by atoms with Crippen molar-refractivity contribution >= 4 is 22.6 Å². The number of rotatable bonds is 1. The van der Waals surface area contributed by atoms with Gasteiger partial charge in [-0.25, -0.2) is 0 Å². The van der Waals surface area contributed by atoms with Crippen molar-refractivity contribution < 1.29 is 0 Å². The summed E-state index contributed by atoms with van der Waals surface area (Å²) in [4.78, 5) is 0. The second kappa shape index (κ2) is 2.53. The lowest BCUT2D eigenvalue weighted by atomic mass is 10.1. The Bertz CT molecular complexity index is 238. The zero-order chi connectivity index (χ0) is 6.97. The molecule has 0 amide bonds. The first kappa shape index (κ1) is 6.65. The van der Waals surface area contributed by atoms with Gasteiger partial charge in [0.1, 0.15) is 0 Å². The van der Waals surface area contributed by atoms with Gasteiger partial charge in [0.2, 0.25) is 0 Å². The Labute approximate surface area is 74.8 Å². The molecule has 0 atom stereocenters. The molecule has 0 aromatic heterocycles. The van der Waals surface area contributed by atoms with Crippen molar-refractivity contribution in [2.24, 2.45) is 0 Å². The summed E-state index contributed by atoms with van der Waals surface area (Å²) < 4.78 is 1.40. The van der Waals surface area contributed by atoms with Crippen LogP contribution in [0.15, 0.2) is 24.3 Å². The second-order valence-corrected chi connectivity index (χ2v) is 3.75. The van der Waals surface area contributed by atoms with Crippen molar-refractivity contribution in [3.8, 4) is 0 Å². The van der Waals surface area contributed by atoms with E-state index < -0.39 is 0 Å². The first-order chi connectivity index (χ1) is 4.88. The predicted molar refractivity (Wildman–Crippen MR) is 50.7 cm³/mol. The quantitative estimate of drug-likeness (QED) is 0.665. The molecule has 1 aromatic rings. The number of benzene rings is 1. The van der Waals surface area contributed by atoms with Crippen LogP contribution in [0.2, 0.25) is 0 Å². The maximum absolute atomic E-state index is 2.39. The van der Waals surface area contributed by atoms with Gasteiger partial charge in [0.15, 0.2) is 0 Å². The summed E-state index contributed by atoms with van der Waals surface area (Å²) in [6.45, 7) is 0. The standard InChI is InChI=1S/C9H8I/c10-9-4-2-1-3-8(9)7-5-6-7/h1-4H,5-6H2. The van der Waals surface area contributed by atoms with Crippen LogP contribution < -0.4 is 0 Å². The summed E-state index contributed by atoms with van der Waals surface area (Å²) in [7, 11) is 0. The largest absolute Gasteiger partial charge is 0.0619 e. The Kier molecular flexibility index (Phi) is 1.68. The highest BCUT2D eigenvalue weighted by atomic mass is 127. The Morgan fingerprint density at radius 2 is 1.80 bits per heavy atom. The first-order valence-corrected chi connectivity index (χ1v) is 4.55. The highest BCUT2D eigenvalue weighted by molar-refractivity contribution is 14.1. The van der Waals surface area contributed by atoms with Crippen LogP contribution in [0.4, 0.5) is 0 Å². The summed E-state index contributed by atoms with van der Waals surface area (Å²) >= 11 is 2.39. The maximum Gasteiger partial charge on any atom is 0.0168 e. The van der Waals surface area contributed by atoms with Crippen LogP contribution in [0, 0.1) is 9.49 Å². The number of hydrogen-bond donors (Lipinski definition) is 0. The lowest BCUT2D eigenvalue weighted by Crippen LogP contribution is -1.82. The number of hydrogen-bond acceptors (Lipinski definition) is 0. The second-order valence-electron chi connectivity index (χ2n) is 2.58. The lowest BCUT2D eigenvalue weighted by Gasteiger charge is -1.98. The third-order valence-electron chi connectivity index (χ3n) is 1.75. The Balaban J connectivity index is 2.39. The fourth-order valence-electron chi connectivity index (χ4n) is 1.08. The van der Waals surface area contributed by atoms with Crippen molar-refractivity contribution in [3.63, 3.8) is 0 Å². The van der Waals surface area contributed by atoms with Gasteiger partial charge in [-0.05, 0) is 47.1 Å². The van der Waals surface area contributed by atoms with E-state index in [-0.39, 0.29) is 0 Å². The number of halogens is 1. The van der Waals surface area contributed by atoms with E-state index in [1.807, 2.05) is 0 Å². The SMILES string of the molecule is Ic1ccccc1[C]1CC1. The van der Waals surface area contributed by atoms with E-state index in [0.717, 1.165) is 0 Å². The van der Waals surface area contributed by atoms with E-state index in [1.54, 1.807) is 5.92 Å². The Hall–Kier alpha value is -0.0500. The van der Waals surface area contributed by atoms with Crippen LogP contribution >= 0.6 is 22.6 Å². The summed E-state index contributed by atoms with van der Waals surface area (Å²) in [6, 6.07) is 8.59. The van der Waals surface area contributed by atoms with E-state index in [9.17, 15) is 0 Å². The Morgan fingerprint density at radius 3 is 2.40 bits per heavy atom. The van der Waals surface area contributed by atoms with Crippen molar-refractivity contribution in [1.29, 1.82) is 0 Å². The summed E-state index contributed by atoms with van der Waals surface area (Å²) in [6.07, 6.45) is 2.64. The molecule has 1 saturated carbocycles. The zero-order valence-corrected chi connectivity index (χ0v) is 7.76. The van der Waals surface area contributed by atoms with E-state index in [0.29, 0.717) is 0 Å². The molecule has 1 fully saturated rings. The lowest BCUT2D eigenvalue weighted by molar-refractivity contribution is 1.38. The molecule has 2 rings (SSSR count). The molecular weight excluding hydrogens is 235 g/mol. The molecule has 0 N–H and O–H groups in total. The van der Waals surface area contributed by atoms with E-state index in [4.69, 9.17) is 0 Å². The van der Waals surface area contributed by atoms with Crippen molar-refractivity contribution in [2.45, 2.75) is 12.8 Å². The highest BCUT2D eigenvalue weighted by Crippen LogP contribution is 2.40. The van der Waals surface area contributed by atoms with Gasteiger partial charge in [0.25, 0.3) is 0 Å². The monoisotopic (exact) mass is 243 g/mol. The van der Waals surface area contributed by atoms with E-state index in [2.05, 4.69) is 46.9 Å². The molecule has 0 nitrogen and oxygen atoms in total. The molecule has 0 unspecified atom stereocenters. The summed E-state index contributed by atoms with van der Waals surface area (Å²) in [5, 5.41) is 0. The molecule has 1 aliphatic rings. The normalized spacial score (nSPS) is 17.3. The maximum atomic E-state index is 2.39.